The molecule has 0 radical (unpaired) electrons. The molecule has 1 N–H and O–H groups in total. The van der Waals surface area contributed by atoms with Gasteiger partial charge in [-0.1, -0.05) is 44.4 Å². The van der Waals surface area contributed by atoms with Gasteiger partial charge >= 0.3 is 5.97 Å². The van der Waals surface area contributed by atoms with Crippen molar-refractivity contribution in [2.24, 2.45) is 11.8 Å². The second-order valence-corrected chi connectivity index (χ2v) is 8.07. The van der Waals surface area contributed by atoms with Crippen LogP contribution in [-0.2, 0) is 11.2 Å². The Morgan fingerprint density at radius 1 is 1.14 bits per heavy atom. The van der Waals surface area contributed by atoms with Crippen molar-refractivity contribution in [3.8, 4) is 6.07 Å². The number of carbonyl (C=O) groups is 1. The van der Waals surface area contributed by atoms with Crippen LogP contribution in [0.1, 0.15) is 76.4 Å². The van der Waals surface area contributed by atoms with E-state index in [0.29, 0.717) is 18.9 Å². The summed E-state index contributed by atoms with van der Waals surface area (Å²) in [5.74, 6) is -0.799. The number of nitriles is 1. The van der Waals surface area contributed by atoms with Crippen LogP contribution < -0.4 is 0 Å². The first kappa shape index (κ1) is 20.4. The first-order valence-electron chi connectivity index (χ1n) is 10.7. The molecular formula is C23H31N3O2. The van der Waals surface area contributed by atoms with E-state index in [-0.39, 0.29) is 11.8 Å². The third kappa shape index (κ3) is 4.73. The van der Waals surface area contributed by atoms with Gasteiger partial charge in [-0.2, -0.15) is 10.4 Å². The molecule has 150 valence electrons. The Morgan fingerprint density at radius 2 is 1.82 bits per heavy atom. The highest BCUT2D eigenvalue weighted by molar-refractivity contribution is 5.82. The second kappa shape index (κ2) is 9.73. The molecule has 2 saturated carbocycles. The highest BCUT2D eigenvalue weighted by Gasteiger charge is 2.25. The van der Waals surface area contributed by atoms with Crippen LogP contribution in [0.3, 0.4) is 0 Å². The average Bonchev–Trinajstić information content (AvgIpc) is 3.14. The Kier molecular flexibility index (Phi) is 7.08. The molecule has 1 aromatic heterocycles. The van der Waals surface area contributed by atoms with Gasteiger partial charge in [0.2, 0.25) is 0 Å². The molecule has 2 aliphatic carbocycles. The summed E-state index contributed by atoms with van der Waals surface area (Å²) in [5, 5.41) is 23.3. The highest BCUT2D eigenvalue weighted by Crippen LogP contribution is 2.31. The Morgan fingerprint density at radius 3 is 2.43 bits per heavy atom. The normalized spacial score (nSPS) is 22.9. The first-order valence-corrected chi connectivity index (χ1v) is 10.7. The minimum absolute atomic E-state index is 0.102. The van der Waals surface area contributed by atoms with E-state index in [1.54, 1.807) is 0 Å². The van der Waals surface area contributed by atoms with Crippen LogP contribution >= 0.6 is 0 Å². The third-order valence-electron chi connectivity index (χ3n) is 6.20. The molecule has 2 aromatic rings. The van der Waals surface area contributed by atoms with Crippen molar-refractivity contribution < 1.29 is 9.90 Å². The SMILES string of the molecule is CCc1nn(C2CCCCC2)c2ccccc12.N#CC1CCC(C(=O)O)CC1. The van der Waals surface area contributed by atoms with Crippen LogP contribution in [0.5, 0.6) is 0 Å². The number of hydrogen-bond acceptors (Lipinski definition) is 3. The van der Waals surface area contributed by atoms with E-state index >= 15 is 0 Å². The number of fused-ring (bicyclic) bond motifs is 1. The number of aryl methyl sites for hydroxylation is 1. The second-order valence-electron chi connectivity index (χ2n) is 8.07. The van der Waals surface area contributed by atoms with Crippen molar-refractivity contribution in [1.29, 1.82) is 5.26 Å². The molecule has 5 nitrogen and oxygen atoms in total. The Hall–Kier alpha value is -2.35. The zero-order chi connectivity index (χ0) is 19.9. The molecule has 5 heteroatoms. The lowest BCUT2D eigenvalue weighted by atomic mass is 9.83. The molecule has 0 spiro atoms. The van der Waals surface area contributed by atoms with E-state index < -0.39 is 5.97 Å². The first-order chi connectivity index (χ1) is 13.6. The van der Waals surface area contributed by atoms with Gasteiger partial charge in [-0.15, -0.1) is 0 Å². The monoisotopic (exact) mass is 381 g/mol. The van der Waals surface area contributed by atoms with Crippen LogP contribution in [0.4, 0.5) is 0 Å². The molecule has 1 heterocycles. The van der Waals surface area contributed by atoms with E-state index in [9.17, 15) is 4.79 Å². The van der Waals surface area contributed by atoms with Gasteiger partial charge in [0.1, 0.15) is 0 Å². The number of nitrogens with zero attached hydrogens (tertiary/aromatic N) is 3. The van der Waals surface area contributed by atoms with Gasteiger partial charge in [-0.05, 0) is 51.0 Å². The van der Waals surface area contributed by atoms with Gasteiger partial charge in [0.25, 0.3) is 0 Å². The lowest BCUT2D eigenvalue weighted by Gasteiger charge is -2.22. The lowest BCUT2D eigenvalue weighted by Crippen LogP contribution is -2.20. The van der Waals surface area contributed by atoms with Crippen molar-refractivity contribution >= 4 is 16.9 Å². The van der Waals surface area contributed by atoms with Crippen LogP contribution in [-0.4, -0.2) is 20.9 Å². The zero-order valence-electron chi connectivity index (χ0n) is 16.8. The fourth-order valence-corrected chi connectivity index (χ4v) is 4.49. The topological polar surface area (TPSA) is 78.9 Å². The fourth-order valence-electron chi connectivity index (χ4n) is 4.49. The van der Waals surface area contributed by atoms with Crippen LogP contribution in [0.25, 0.3) is 10.9 Å². The van der Waals surface area contributed by atoms with Crippen molar-refractivity contribution in [1.82, 2.24) is 9.78 Å². The molecule has 0 aliphatic heterocycles. The van der Waals surface area contributed by atoms with E-state index in [1.165, 1.54) is 48.7 Å². The van der Waals surface area contributed by atoms with Gasteiger partial charge < -0.3 is 5.11 Å². The lowest BCUT2D eigenvalue weighted by molar-refractivity contribution is -0.142. The molecule has 1 aromatic carbocycles. The van der Waals surface area contributed by atoms with Gasteiger partial charge in [0, 0.05) is 11.3 Å². The molecule has 0 atom stereocenters. The van der Waals surface area contributed by atoms with Gasteiger partial charge in [-0.3, -0.25) is 9.48 Å². The Labute approximate surface area is 167 Å². The number of rotatable bonds is 3. The van der Waals surface area contributed by atoms with Crippen LogP contribution in [0.15, 0.2) is 24.3 Å². The summed E-state index contributed by atoms with van der Waals surface area (Å²) in [7, 11) is 0. The molecule has 0 unspecified atom stereocenters. The van der Waals surface area contributed by atoms with E-state index in [1.807, 2.05) is 0 Å². The van der Waals surface area contributed by atoms with Crippen molar-refractivity contribution in [2.45, 2.75) is 77.2 Å². The third-order valence-corrected chi connectivity index (χ3v) is 6.20. The summed E-state index contributed by atoms with van der Waals surface area (Å²) in [4.78, 5) is 10.5. The standard InChI is InChI=1S/C15H20N2.C8H11NO2/c1-2-14-13-10-6-7-11-15(13)17(16-14)12-8-4-3-5-9-12;9-5-6-1-3-7(4-2-6)8(10)11/h6-7,10-12H,2-5,8-9H2,1H3;6-7H,1-4H2,(H,10,11). The summed E-state index contributed by atoms with van der Waals surface area (Å²) < 4.78 is 2.30. The summed E-state index contributed by atoms with van der Waals surface area (Å²) in [6, 6.07) is 11.5. The van der Waals surface area contributed by atoms with Gasteiger partial charge in [0.05, 0.1) is 29.2 Å². The minimum atomic E-state index is -0.707. The van der Waals surface area contributed by atoms with Crippen LogP contribution in [0, 0.1) is 23.2 Å². The number of aliphatic carboxylic acids is 1. The molecule has 0 saturated heterocycles. The summed E-state index contributed by atoms with van der Waals surface area (Å²) in [6.07, 6.45) is 10.6. The number of benzene rings is 1. The quantitative estimate of drug-likeness (QED) is 0.761. The van der Waals surface area contributed by atoms with Crippen molar-refractivity contribution in [3.05, 3.63) is 30.0 Å². The Bertz CT molecular complexity index is 822. The summed E-state index contributed by atoms with van der Waals surface area (Å²) in [5.41, 5.74) is 2.59. The summed E-state index contributed by atoms with van der Waals surface area (Å²) in [6.45, 7) is 2.19. The van der Waals surface area contributed by atoms with Crippen molar-refractivity contribution in [2.75, 3.05) is 0 Å². The number of carboxylic acids is 1. The van der Waals surface area contributed by atoms with E-state index in [0.717, 1.165) is 19.3 Å². The number of hydrogen-bond donors (Lipinski definition) is 1. The maximum atomic E-state index is 10.5. The highest BCUT2D eigenvalue weighted by atomic mass is 16.4. The van der Waals surface area contributed by atoms with Crippen molar-refractivity contribution in [3.63, 3.8) is 0 Å². The smallest absolute Gasteiger partial charge is 0.306 e. The average molecular weight is 382 g/mol. The molecule has 0 amide bonds. The van der Waals surface area contributed by atoms with Gasteiger partial charge in [-0.25, -0.2) is 0 Å². The maximum Gasteiger partial charge on any atom is 0.306 e. The molecule has 0 bridgehead atoms. The maximum absolute atomic E-state index is 10.5. The van der Waals surface area contributed by atoms with E-state index in [2.05, 4.69) is 41.9 Å². The molecule has 2 fully saturated rings. The van der Waals surface area contributed by atoms with Gasteiger partial charge in [0.15, 0.2) is 0 Å². The molecule has 28 heavy (non-hydrogen) atoms. The minimum Gasteiger partial charge on any atom is -0.481 e. The predicted molar refractivity (Wildman–Crippen MR) is 110 cm³/mol. The number of aromatic nitrogens is 2. The summed E-state index contributed by atoms with van der Waals surface area (Å²) >= 11 is 0. The Balaban J connectivity index is 0.000000178. The van der Waals surface area contributed by atoms with E-state index in [4.69, 9.17) is 15.5 Å². The largest absolute Gasteiger partial charge is 0.481 e. The zero-order valence-corrected chi connectivity index (χ0v) is 16.8. The van der Waals surface area contributed by atoms with Crippen LogP contribution in [0.2, 0.25) is 0 Å². The number of para-hydroxylation sites is 1. The number of carboxylic acid groups (broad SMARTS) is 1. The molecule has 2 aliphatic rings. The predicted octanol–water partition coefficient (Wildman–Crippen LogP) is 5.50. The molecule has 4 rings (SSSR count). The molecular weight excluding hydrogens is 350 g/mol. The fraction of sp³-hybridized carbons (Fsp3) is 0.609.